The molecule has 0 unspecified atom stereocenters. The second-order valence-electron chi connectivity index (χ2n) is 12.4. The van der Waals surface area contributed by atoms with Crippen molar-refractivity contribution < 1.29 is 18.9 Å². The Kier molecular flexibility index (Phi) is 9.64. The van der Waals surface area contributed by atoms with Gasteiger partial charge in [-0.2, -0.15) is 14.9 Å². The third kappa shape index (κ3) is 7.04. The van der Waals surface area contributed by atoms with Crippen LogP contribution in [0, 0.1) is 0 Å². The van der Waals surface area contributed by atoms with Crippen molar-refractivity contribution in [3.63, 3.8) is 0 Å². The van der Waals surface area contributed by atoms with Gasteiger partial charge in [0.15, 0.2) is 6.54 Å². The van der Waals surface area contributed by atoms with E-state index in [1.54, 1.807) is 45.0 Å². The quantitative estimate of drug-likeness (QED) is 0.192. The molecule has 3 aromatic carbocycles. The summed E-state index contributed by atoms with van der Waals surface area (Å²) in [6.07, 6.45) is 5.38. The minimum atomic E-state index is -1.13. The number of ether oxygens (including phenoxy) is 3. The molecule has 2 fully saturated rings. The molecule has 2 aliphatic rings. The van der Waals surface area contributed by atoms with Crippen molar-refractivity contribution in [2.75, 3.05) is 49.2 Å². The van der Waals surface area contributed by atoms with Gasteiger partial charge in [-0.3, -0.25) is 0 Å². The van der Waals surface area contributed by atoms with Crippen LogP contribution in [-0.2, 0) is 21.8 Å². The van der Waals surface area contributed by atoms with Crippen LogP contribution in [0.5, 0.6) is 5.75 Å². The van der Waals surface area contributed by atoms with Gasteiger partial charge in [0.1, 0.15) is 24.8 Å². The van der Waals surface area contributed by atoms with Gasteiger partial charge >= 0.3 is 12.0 Å². The zero-order valence-corrected chi connectivity index (χ0v) is 28.9. The van der Waals surface area contributed by atoms with Crippen molar-refractivity contribution >= 4 is 34.6 Å². The molecule has 0 bridgehead atoms. The standard InChI is InChI=1S/C35H38Cl2N8O4/c1-3-25(2)45-34(46)44(24-40-45)29-7-5-27(6-8-29)41-14-16-42(17-15-41)28-9-11-30(12-10-28)47-19-31-20-48-35(49-31,21-43-23-38-22-39-43)32-13-4-26(36)18-33(32)37/h4-13,18,22-25,31H,3,14-17,19-21H2,1-2H3/p+1/t25-,31+,35+/m1/s1. The van der Waals surface area contributed by atoms with E-state index in [2.05, 4.69) is 49.2 Å². The summed E-state index contributed by atoms with van der Waals surface area (Å²) in [7, 11) is 0. The van der Waals surface area contributed by atoms with Crippen molar-refractivity contribution in [2.24, 2.45) is 0 Å². The summed E-state index contributed by atoms with van der Waals surface area (Å²) >= 11 is 12.8. The van der Waals surface area contributed by atoms with Gasteiger partial charge in [-0.25, -0.2) is 14.0 Å². The fourth-order valence-corrected chi connectivity index (χ4v) is 6.83. The van der Waals surface area contributed by atoms with Gasteiger partial charge in [-0.15, -0.1) is 0 Å². The van der Waals surface area contributed by atoms with Crippen LogP contribution < -0.4 is 24.9 Å². The second kappa shape index (κ2) is 14.2. The number of hydrogen-bond acceptors (Lipinski definition) is 8. The normalized spacial score (nSPS) is 20.1. The lowest BCUT2D eigenvalue weighted by atomic mass is 10.1. The van der Waals surface area contributed by atoms with E-state index in [9.17, 15) is 4.79 Å². The van der Waals surface area contributed by atoms with Crippen LogP contribution in [-0.4, -0.2) is 69.9 Å². The van der Waals surface area contributed by atoms with Gasteiger partial charge in [-0.1, -0.05) is 36.2 Å². The lowest BCUT2D eigenvalue weighted by molar-refractivity contribution is -0.771. The number of rotatable bonds is 11. The van der Waals surface area contributed by atoms with E-state index in [0.717, 1.165) is 55.4 Å². The first-order valence-corrected chi connectivity index (χ1v) is 17.2. The Morgan fingerprint density at radius 3 is 2.31 bits per heavy atom. The minimum Gasteiger partial charge on any atom is -0.491 e. The van der Waals surface area contributed by atoms with E-state index in [1.165, 1.54) is 0 Å². The third-order valence-corrected chi connectivity index (χ3v) is 9.74. The van der Waals surface area contributed by atoms with Gasteiger partial charge in [0.2, 0.25) is 12.1 Å². The van der Waals surface area contributed by atoms with Crippen LogP contribution in [0.25, 0.3) is 5.69 Å². The average Bonchev–Trinajstić information content (AvgIpc) is 3.88. The summed E-state index contributed by atoms with van der Waals surface area (Å²) in [4.78, 5) is 21.7. The molecule has 2 aliphatic heterocycles. The molecule has 0 amide bonds. The summed E-state index contributed by atoms with van der Waals surface area (Å²) in [6.45, 7) is 8.57. The van der Waals surface area contributed by atoms with E-state index in [-0.39, 0.29) is 17.8 Å². The number of halogens is 2. The highest BCUT2D eigenvalue weighted by Gasteiger charge is 2.47. The monoisotopic (exact) mass is 705 g/mol. The zero-order chi connectivity index (χ0) is 34.0. The van der Waals surface area contributed by atoms with E-state index in [0.29, 0.717) is 35.4 Å². The van der Waals surface area contributed by atoms with Crippen molar-refractivity contribution in [3.05, 3.63) is 112 Å². The Morgan fingerprint density at radius 1 is 1.00 bits per heavy atom. The van der Waals surface area contributed by atoms with Crippen molar-refractivity contribution in [1.29, 1.82) is 0 Å². The first kappa shape index (κ1) is 33.2. The van der Waals surface area contributed by atoms with Gasteiger partial charge < -0.3 is 24.0 Å². The molecule has 4 heterocycles. The first-order chi connectivity index (χ1) is 23.8. The first-order valence-electron chi connectivity index (χ1n) is 16.5. The predicted octanol–water partition coefficient (Wildman–Crippen LogP) is 5.00. The highest BCUT2D eigenvalue weighted by atomic mass is 35.5. The summed E-state index contributed by atoms with van der Waals surface area (Å²) in [5.41, 5.74) is 3.67. The number of nitrogens with zero attached hydrogens (tertiary/aromatic N) is 7. The van der Waals surface area contributed by atoms with Crippen LogP contribution in [0.2, 0.25) is 10.0 Å². The number of piperazine rings is 1. The Balaban J connectivity index is 0.925. The highest BCUT2D eigenvalue weighted by Crippen LogP contribution is 2.39. The number of aromatic nitrogens is 6. The highest BCUT2D eigenvalue weighted by molar-refractivity contribution is 6.35. The van der Waals surface area contributed by atoms with Crippen molar-refractivity contribution in [3.8, 4) is 11.4 Å². The van der Waals surface area contributed by atoms with E-state index in [1.807, 2.05) is 44.2 Å². The van der Waals surface area contributed by atoms with E-state index in [4.69, 9.17) is 37.4 Å². The Hall–Kier alpha value is -4.36. The van der Waals surface area contributed by atoms with Gasteiger partial charge in [0.05, 0.1) is 23.4 Å². The maximum Gasteiger partial charge on any atom is 0.350 e. The van der Waals surface area contributed by atoms with Crippen LogP contribution in [0.15, 0.2) is 90.5 Å². The number of hydrogen-bond donors (Lipinski definition) is 1. The molecule has 7 rings (SSSR count). The smallest absolute Gasteiger partial charge is 0.350 e. The predicted molar refractivity (Wildman–Crippen MR) is 187 cm³/mol. The molecule has 0 saturated carbocycles. The molecule has 0 spiro atoms. The van der Waals surface area contributed by atoms with Gasteiger partial charge in [-0.05, 0) is 79.0 Å². The molecule has 2 aromatic heterocycles. The van der Waals surface area contributed by atoms with Crippen LogP contribution in [0.4, 0.5) is 11.4 Å². The number of H-pyrrole nitrogens is 1. The number of nitrogens with one attached hydrogen (secondary N) is 1. The van der Waals surface area contributed by atoms with Crippen molar-refractivity contribution in [1.82, 2.24) is 24.4 Å². The lowest BCUT2D eigenvalue weighted by Gasteiger charge is -2.37. The molecule has 1 N–H and O–H groups in total. The molecular formula is C35H39Cl2N8O4+. The van der Waals surface area contributed by atoms with Crippen molar-refractivity contribution in [2.45, 2.75) is 44.7 Å². The van der Waals surface area contributed by atoms with Crippen LogP contribution >= 0.6 is 23.2 Å². The molecule has 0 aliphatic carbocycles. The fraction of sp³-hybridized carbons (Fsp3) is 0.371. The second-order valence-corrected chi connectivity index (χ2v) is 13.2. The van der Waals surface area contributed by atoms with Crippen LogP contribution in [0.1, 0.15) is 31.9 Å². The Bertz CT molecular complexity index is 1910. The average molecular weight is 707 g/mol. The lowest BCUT2D eigenvalue weighted by Crippen LogP contribution is -2.48. The number of aromatic amines is 1. The minimum absolute atomic E-state index is 0.0653. The summed E-state index contributed by atoms with van der Waals surface area (Å²) in [6, 6.07) is 21.6. The third-order valence-electron chi connectivity index (χ3n) is 9.20. The van der Waals surface area contributed by atoms with Gasteiger partial charge in [0.25, 0.3) is 0 Å². The van der Waals surface area contributed by atoms with E-state index >= 15 is 0 Å². The zero-order valence-electron chi connectivity index (χ0n) is 27.4. The Morgan fingerprint density at radius 2 is 1.67 bits per heavy atom. The van der Waals surface area contributed by atoms with Gasteiger partial charge in [0, 0.05) is 48.1 Å². The summed E-state index contributed by atoms with van der Waals surface area (Å²) < 4.78 is 23.8. The maximum atomic E-state index is 12.8. The molecule has 49 heavy (non-hydrogen) atoms. The number of benzene rings is 3. The molecule has 12 nitrogen and oxygen atoms in total. The maximum absolute atomic E-state index is 12.8. The molecule has 5 aromatic rings. The van der Waals surface area contributed by atoms with E-state index < -0.39 is 5.79 Å². The Labute approximate surface area is 294 Å². The number of anilines is 2. The molecule has 256 valence electrons. The topological polar surface area (TPSA) is 107 Å². The SMILES string of the molecule is CC[C@@H](C)n1ncn(-c2ccc(N3CCN(c4ccc(OC[C@H]5CO[C@](C[n+]6cnc[nH]6)(c6ccc(Cl)cc6Cl)O5)cc4)CC3)cc2)c1=O. The molecular weight excluding hydrogens is 667 g/mol. The molecule has 0 radical (unpaired) electrons. The fourth-order valence-electron chi connectivity index (χ4n) is 6.28. The molecule has 3 atom stereocenters. The molecule has 14 heteroatoms. The summed E-state index contributed by atoms with van der Waals surface area (Å²) in [5, 5.41) is 8.34. The molecule has 2 saturated heterocycles. The van der Waals surface area contributed by atoms with Crippen LogP contribution in [0.3, 0.4) is 0 Å². The largest absolute Gasteiger partial charge is 0.491 e. The summed E-state index contributed by atoms with van der Waals surface area (Å²) in [5.74, 6) is -0.373.